The third kappa shape index (κ3) is 6.42. The van der Waals surface area contributed by atoms with E-state index in [4.69, 9.17) is 5.73 Å². The van der Waals surface area contributed by atoms with Crippen molar-refractivity contribution in [3.63, 3.8) is 0 Å². The van der Waals surface area contributed by atoms with E-state index in [1.807, 2.05) is 12.1 Å². The van der Waals surface area contributed by atoms with E-state index in [1.54, 1.807) is 10.9 Å². The summed E-state index contributed by atoms with van der Waals surface area (Å²) in [4.78, 5) is 12.2. The van der Waals surface area contributed by atoms with Gasteiger partial charge in [0.25, 0.3) is 5.91 Å². The largest absolute Gasteiger partial charge is 0.349 e. The minimum Gasteiger partial charge on any atom is -0.349 e. The van der Waals surface area contributed by atoms with Gasteiger partial charge in [0.2, 0.25) is 0 Å². The molecule has 144 valence electrons. The van der Waals surface area contributed by atoms with Crippen molar-refractivity contribution in [1.29, 1.82) is 0 Å². The maximum atomic E-state index is 12.2. The maximum Gasteiger partial charge on any atom is 0.273 e. The van der Waals surface area contributed by atoms with Crippen LogP contribution in [-0.4, -0.2) is 27.4 Å². The number of carbonyl (C=O) groups excluding carboxylic acids is 1. The predicted octanol–water partition coefficient (Wildman–Crippen LogP) is 3.30. The Morgan fingerprint density at radius 3 is 2.35 bits per heavy atom. The first kappa shape index (κ1) is 22.1. The number of halogens is 1. The number of benzene rings is 1. The van der Waals surface area contributed by atoms with Gasteiger partial charge in [0.15, 0.2) is 5.69 Å². The van der Waals surface area contributed by atoms with Crippen LogP contribution in [0.4, 0.5) is 0 Å². The van der Waals surface area contributed by atoms with Crippen LogP contribution < -0.4 is 11.1 Å². The van der Waals surface area contributed by atoms with E-state index in [1.165, 1.54) is 5.56 Å². The van der Waals surface area contributed by atoms with E-state index in [9.17, 15) is 4.79 Å². The molecule has 6 nitrogen and oxygen atoms in total. The van der Waals surface area contributed by atoms with Gasteiger partial charge in [-0.2, -0.15) is 0 Å². The second-order valence-corrected chi connectivity index (χ2v) is 7.19. The number of nitrogens with two attached hydrogens (primary N) is 1. The summed E-state index contributed by atoms with van der Waals surface area (Å²) in [7, 11) is 0. The lowest BCUT2D eigenvalue weighted by atomic mass is 9.99. The smallest absolute Gasteiger partial charge is 0.273 e. The molecule has 0 aliphatic rings. The highest BCUT2D eigenvalue weighted by molar-refractivity contribution is 5.91. The number of aromatic nitrogens is 3. The molecule has 0 aliphatic heterocycles. The maximum absolute atomic E-state index is 12.2. The lowest BCUT2D eigenvalue weighted by molar-refractivity contribution is 0.0946. The molecule has 1 aromatic heterocycles. The van der Waals surface area contributed by atoms with Crippen LogP contribution in [0.3, 0.4) is 0 Å². The Kier molecular flexibility index (Phi) is 8.75. The number of nitrogens with one attached hydrogen (secondary N) is 1. The van der Waals surface area contributed by atoms with Gasteiger partial charge >= 0.3 is 0 Å². The first-order chi connectivity index (χ1) is 11.9. The van der Waals surface area contributed by atoms with Crippen molar-refractivity contribution in [3.05, 3.63) is 47.3 Å². The second kappa shape index (κ2) is 10.3. The molecule has 0 saturated heterocycles. The fraction of sp³-hybridized carbons (Fsp3) is 0.526. The van der Waals surface area contributed by atoms with Crippen molar-refractivity contribution in [2.75, 3.05) is 6.54 Å². The summed E-state index contributed by atoms with van der Waals surface area (Å²) < 4.78 is 1.71. The average Bonchev–Trinajstić information content (AvgIpc) is 3.06. The molecule has 0 spiro atoms. The molecule has 26 heavy (non-hydrogen) atoms. The molecule has 1 amide bonds. The average molecular weight is 380 g/mol. The minimum atomic E-state index is -0.249. The van der Waals surface area contributed by atoms with Crippen molar-refractivity contribution in [3.8, 4) is 0 Å². The van der Waals surface area contributed by atoms with Crippen LogP contribution in [-0.2, 0) is 6.54 Å². The monoisotopic (exact) mass is 379 g/mol. The molecule has 1 atom stereocenters. The molecule has 1 unspecified atom stereocenters. The summed E-state index contributed by atoms with van der Waals surface area (Å²) in [6.07, 6.45) is 2.68. The second-order valence-electron chi connectivity index (χ2n) is 7.19. The summed E-state index contributed by atoms with van der Waals surface area (Å²) in [5.41, 5.74) is 8.78. The van der Waals surface area contributed by atoms with E-state index in [-0.39, 0.29) is 24.4 Å². The molecule has 1 aromatic carbocycles. The number of rotatable bonds is 8. The standard InChI is InChI=1S/C19H29N5O.ClH/c1-13(2)9-10-24-12-18(22-23-24)19(25)21-11-17(20)16-7-5-15(6-8-16)14(3)4;/h5-8,12-14,17H,9-11,20H2,1-4H3,(H,21,25);1H. The van der Waals surface area contributed by atoms with Gasteiger partial charge in [-0.15, -0.1) is 17.5 Å². The lowest BCUT2D eigenvalue weighted by Crippen LogP contribution is -2.32. The zero-order chi connectivity index (χ0) is 18.4. The normalized spacial score (nSPS) is 12.1. The van der Waals surface area contributed by atoms with Crippen molar-refractivity contribution in [2.45, 2.75) is 52.6 Å². The van der Waals surface area contributed by atoms with Gasteiger partial charge in [-0.05, 0) is 29.4 Å². The van der Waals surface area contributed by atoms with Crippen LogP contribution in [0.1, 0.15) is 67.7 Å². The quantitative estimate of drug-likeness (QED) is 0.736. The fourth-order valence-electron chi connectivity index (χ4n) is 2.44. The van der Waals surface area contributed by atoms with Gasteiger partial charge in [0, 0.05) is 19.1 Å². The number of aryl methyl sites for hydroxylation is 1. The van der Waals surface area contributed by atoms with Gasteiger partial charge in [-0.3, -0.25) is 9.48 Å². The highest BCUT2D eigenvalue weighted by Crippen LogP contribution is 2.17. The molecular weight excluding hydrogens is 350 g/mol. The van der Waals surface area contributed by atoms with Gasteiger partial charge < -0.3 is 11.1 Å². The molecule has 2 rings (SSSR count). The fourth-order valence-corrected chi connectivity index (χ4v) is 2.44. The van der Waals surface area contributed by atoms with Crippen LogP contribution in [0, 0.1) is 5.92 Å². The summed E-state index contributed by atoms with van der Waals surface area (Å²) >= 11 is 0. The van der Waals surface area contributed by atoms with E-state index in [2.05, 4.69) is 55.5 Å². The van der Waals surface area contributed by atoms with Gasteiger partial charge in [0.1, 0.15) is 0 Å². The zero-order valence-electron chi connectivity index (χ0n) is 16.0. The van der Waals surface area contributed by atoms with Gasteiger partial charge in [-0.25, -0.2) is 0 Å². The highest BCUT2D eigenvalue weighted by Gasteiger charge is 2.13. The van der Waals surface area contributed by atoms with Gasteiger partial charge in [0.05, 0.1) is 6.20 Å². The molecule has 2 aromatic rings. The number of hydrogen-bond acceptors (Lipinski definition) is 4. The molecule has 3 N–H and O–H groups in total. The minimum absolute atomic E-state index is 0. The summed E-state index contributed by atoms with van der Waals surface area (Å²) in [6.45, 7) is 9.74. The Bertz CT molecular complexity index is 681. The molecule has 0 saturated carbocycles. The van der Waals surface area contributed by atoms with Crippen molar-refractivity contribution >= 4 is 18.3 Å². The van der Waals surface area contributed by atoms with E-state index >= 15 is 0 Å². The lowest BCUT2D eigenvalue weighted by Gasteiger charge is -2.14. The number of nitrogens with zero attached hydrogens (tertiary/aromatic N) is 3. The first-order valence-corrected chi connectivity index (χ1v) is 8.90. The number of hydrogen-bond donors (Lipinski definition) is 2. The van der Waals surface area contributed by atoms with Crippen LogP contribution in [0.25, 0.3) is 0 Å². The third-order valence-corrected chi connectivity index (χ3v) is 4.22. The number of carbonyl (C=O) groups is 1. The Morgan fingerprint density at radius 1 is 1.15 bits per heavy atom. The summed E-state index contributed by atoms with van der Waals surface area (Å²) in [6, 6.07) is 7.97. The summed E-state index contributed by atoms with van der Waals surface area (Å²) in [5.74, 6) is 0.829. The van der Waals surface area contributed by atoms with E-state index in [0.29, 0.717) is 24.1 Å². The molecular formula is C19H30ClN5O. The molecule has 7 heteroatoms. The van der Waals surface area contributed by atoms with Crippen molar-refractivity contribution in [2.24, 2.45) is 11.7 Å². The molecule has 0 fully saturated rings. The zero-order valence-corrected chi connectivity index (χ0v) is 16.8. The van der Waals surface area contributed by atoms with E-state index in [0.717, 1.165) is 18.5 Å². The number of amides is 1. The molecule has 0 radical (unpaired) electrons. The Balaban J connectivity index is 0.00000338. The van der Waals surface area contributed by atoms with Crippen molar-refractivity contribution in [1.82, 2.24) is 20.3 Å². The molecule has 1 heterocycles. The SMILES string of the molecule is CC(C)CCn1cc(C(=O)NCC(N)c2ccc(C(C)C)cc2)nn1.Cl. The van der Waals surface area contributed by atoms with Gasteiger partial charge in [-0.1, -0.05) is 57.2 Å². The third-order valence-electron chi connectivity index (χ3n) is 4.22. The van der Waals surface area contributed by atoms with Crippen LogP contribution in [0.15, 0.2) is 30.5 Å². The van der Waals surface area contributed by atoms with Crippen LogP contribution in [0.5, 0.6) is 0 Å². The van der Waals surface area contributed by atoms with Crippen LogP contribution in [0.2, 0.25) is 0 Å². The highest BCUT2D eigenvalue weighted by atomic mass is 35.5. The molecule has 0 bridgehead atoms. The van der Waals surface area contributed by atoms with Crippen molar-refractivity contribution < 1.29 is 4.79 Å². The summed E-state index contributed by atoms with van der Waals surface area (Å²) in [5, 5.41) is 10.8. The molecule has 0 aliphatic carbocycles. The van der Waals surface area contributed by atoms with Crippen LogP contribution >= 0.6 is 12.4 Å². The van der Waals surface area contributed by atoms with E-state index < -0.39 is 0 Å². The predicted molar refractivity (Wildman–Crippen MR) is 107 cm³/mol. The Morgan fingerprint density at radius 2 is 1.77 bits per heavy atom. The topological polar surface area (TPSA) is 85.8 Å². The Hall–Kier alpha value is -1.92. The first-order valence-electron chi connectivity index (χ1n) is 8.90. The Labute approximate surface area is 162 Å².